The molecule has 36 heavy (non-hydrogen) atoms. The number of rotatable bonds is 5. The van der Waals surface area contributed by atoms with Crippen molar-refractivity contribution in [1.29, 1.82) is 0 Å². The lowest BCUT2D eigenvalue weighted by Gasteiger charge is -2.27. The van der Waals surface area contributed by atoms with Crippen LogP contribution in [0, 0.1) is 6.92 Å². The predicted octanol–water partition coefficient (Wildman–Crippen LogP) is 2.66. The Labute approximate surface area is 210 Å². The number of benzene rings is 1. The highest BCUT2D eigenvalue weighted by atomic mass is 32.2. The van der Waals surface area contributed by atoms with Crippen LogP contribution in [0.15, 0.2) is 42.7 Å². The summed E-state index contributed by atoms with van der Waals surface area (Å²) in [6.07, 6.45) is 5.23. The van der Waals surface area contributed by atoms with Gasteiger partial charge < -0.3 is 15.3 Å². The molecule has 1 fully saturated rings. The summed E-state index contributed by atoms with van der Waals surface area (Å²) in [5.74, 6) is 0.256. The second-order valence-electron chi connectivity index (χ2n) is 9.80. The molecule has 188 valence electrons. The molecule has 2 N–H and O–H groups in total. The second kappa shape index (κ2) is 9.25. The fraction of sp³-hybridized carbons (Fsp3) is 0.385. The van der Waals surface area contributed by atoms with Crippen molar-refractivity contribution < 1.29 is 18.3 Å². The van der Waals surface area contributed by atoms with Crippen molar-refractivity contribution >= 4 is 27.4 Å². The zero-order valence-corrected chi connectivity index (χ0v) is 21.2. The number of hydrogen-bond donors (Lipinski definition) is 2. The van der Waals surface area contributed by atoms with Crippen LogP contribution in [0.5, 0.6) is 0 Å². The molecule has 1 atom stereocenters. The van der Waals surface area contributed by atoms with Crippen molar-refractivity contribution in [3.05, 3.63) is 65.1 Å². The Morgan fingerprint density at radius 2 is 1.94 bits per heavy atom. The number of sulfone groups is 1. The number of carbonyl (C=O) groups excluding carboxylic acids is 1. The third-order valence-electron chi connectivity index (χ3n) is 7.19. The quantitative estimate of drug-likeness (QED) is 0.540. The molecule has 1 aliphatic heterocycles. The normalized spacial score (nSPS) is 20.7. The summed E-state index contributed by atoms with van der Waals surface area (Å²) in [5, 5.41) is 13.1. The molecule has 3 aromatic rings. The van der Waals surface area contributed by atoms with E-state index in [2.05, 4.69) is 33.3 Å². The Kier molecular flexibility index (Phi) is 6.25. The Morgan fingerprint density at radius 1 is 1.17 bits per heavy atom. The molecule has 0 saturated carbocycles. The van der Waals surface area contributed by atoms with Gasteiger partial charge in [-0.25, -0.2) is 18.4 Å². The number of nitrogens with one attached hydrogen (secondary N) is 1. The van der Waals surface area contributed by atoms with E-state index >= 15 is 0 Å². The minimum absolute atomic E-state index is 0.00399. The summed E-state index contributed by atoms with van der Waals surface area (Å²) in [6.45, 7) is 4.47. The van der Waals surface area contributed by atoms with Crippen LogP contribution in [0.3, 0.4) is 0 Å². The maximum Gasteiger partial charge on any atom is 0.253 e. The SMILES string of the molecule is Cc1cc(C(=O)N2CCS(=O)(=O)CC2)ccc1Nc1nccc(-c2cnc3c(c2)C(C)(CO)CC3)n1. The van der Waals surface area contributed by atoms with Gasteiger partial charge in [-0.2, -0.15) is 0 Å². The van der Waals surface area contributed by atoms with Crippen molar-refractivity contribution in [2.45, 2.75) is 32.1 Å². The van der Waals surface area contributed by atoms with E-state index in [-0.39, 0.29) is 42.5 Å². The molecule has 0 radical (unpaired) electrons. The van der Waals surface area contributed by atoms with Crippen LogP contribution in [0.2, 0.25) is 0 Å². The molecule has 3 heterocycles. The number of carbonyl (C=O) groups is 1. The van der Waals surface area contributed by atoms with Gasteiger partial charge in [0.15, 0.2) is 9.84 Å². The van der Waals surface area contributed by atoms with Gasteiger partial charge in [-0.05, 0) is 61.2 Å². The van der Waals surface area contributed by atoms with Gasteiger partial charge in [0.05, 0.1) is 23.8 Å². The van der Waals surface area contributed by atoms with Crippen LogP contribution >= 0.6 is 0 Å². The number of aromatic nitrogens is 3. The summed E-state index contributed by atoms with van der Waals surface area (Å²) in [4.78, 5) is 28.1. The van der Waals surface area contributed by atoms with Gasteiger partial charge in [-0.1, -0.05) is 6.92 Å². The molecule has 0 spiro atoms. The molecule has 10 heteroatoms. The highest BCUT2D eigenvalue weighted by Gasteiger charge is 2.35. The molecular formula is C26H29N5O4S. The molecular weight excluding hydrogens is 478 g/mol. The second-order valence-corrected chi connectivity index (χ2v) is 12.1. The Morgan fingerprint density at radius 3 is 2.67 bits per heavy atom. The molecule has 1 aromatic carbocycles. The van der Waals surface area contributed by atoms with Crippen molar-refractivity contribution in [1.82, 2.24) is 19.9 Å². The van der Waals surface area contributed by atoms with Gasteiger partial charge in [0.25, 0.3) is 5.91 Å². The average Bonchev–Trinajstić information content (AvgIpc) is 3.21. The molecule has 1 amide bonds. The lowest BCUT2D eigenvalue weighted by atomic mass is 9.85. The first-order valence-electron chi connectivity index (χ1n) is 12.0. The number of nitrogens with zero attached hydrogens (tertiary/aromatic N) is 4. The number of hydrogen-bond acceptors (Lipinski definition) is 8. The van der Waals surface area contributed by atoms with Crippen molar-refractivity contribution in [3.8, 4) is 11.3 Å². The lowest BCUT2D eigenvalue weighted by Crippen LogP contribution is -2.43. The first-order valence-corrected chi connectivity index (χ1v) is 13.8. The number of fused-ring (bicyclic) bond motifs is 1. The van der Waals surface area contributed by atoms with E-state index in [4.69, 9.17) is 0 Å². The van der Waals surface area contributed by atoms with Crippen LogP contribution < -0.4 is 5.32 Å². The molecule has 9 nitrogen and oxygen atoms in total. The van der Waals surface area contributed by atoms with Gasteiger partial charge >= 0.3 is 0 Å². The Bertz CT molecular complexity index is 1430. The average molecular weight is 508 g/mol. The number of aliphatic hydroxyl groups is 1. The smallest absolute Gasteiger partial charge is 0.253 e. The zero-order chi connectivity index (χ0) is 25.5. The van der Waals surface area contributed by atoms with E-state index in [1.165, 1.54) is 0 Å². The van der Waals surface area contributed by atoms with Crippen LogP contribution in [0.4, 0.5) is 11.6 Å². The predicted molar refractivity (Wildman–Crippen MR) is 137 cm³/mol. The van der Waals surface area contributed by atoms with E-state index in [1.54, 1.807) is 23.2 Å². The van der Waals surface area contributed by atoms with Gasteiger partial charge in [0, 0.05) is 53.4 Å². The van der Waals surface area contributed by atoms with E-state index in [0.29, 0.717) is 11.5 Å². The van der Waals surface area contributed by atoms with E-state index in [1.807, 2.05) is 25.3 Å². The summed E-state index contributed by atoms with van der Waals surface area (Å²) in [6, 6.07) is 9.22. The first kappa shape index (κ1) is 24.3. The number of anilines is 2. The van der Waals surface area contributed by atoms with Gasteiger partial charge in [-0.15, -0.1) is 0 Å². The Balaban J connectivity index is 1.34. The molecule has 1 saturated heterocycles. The molecule has 5 rings (SSSR count). The molecule has 1 unspecified atom stereocenters. The summed E-state index contributed by atoms with van der Waals surface area (Å²) in [7, 11) is -3.05. The largest absolute Gasteiger partial charge is 0.395 e. The van der Waals surface area contributed by atoms with Crippen LogP contribution in [0.25, 0.3) is 11.3 Å². The summed E-state index contributed by atoms with van der Waals surface area (Å²) in [5.41, 5.74) is 5.52. The van der Waals surface area contributed by atoms with Gasteiger partial charge in [0.1, 0.15) is 0 Å². The molecule has 0 bridgehead atoms. The molecule has 2 aromatic heterocycles. The van der Waals surface area contributed by atoms with Crippen molar-refractivity contribution in [2.75, 3.05) is 36.5 Å². The highest BCUT2D eigenvalue weighted by molar-refractivity contribution is 7.91. The van der Waals surface area contributed by atoms with Crippen molar-refractivity contribution in [2.24, 2.45) is 0 Å². The lowest BCUT2D eigenvalue weighted by molar-refractivity contribution is 0.0770. The first-order chi connectivity index (χ1) is 17.2. The topological polar surface area (TPSA) is 125 Å². The van der Waals surface area contributed by atoms with Gasteiger partial charge in [-0.3, -0.25) is 9.78 Å². The third-order valence-corrected chi connectivity index (χ3v) is 8.79. The van der Waals surface area contributed by atoms with E-state index < -0.39 is 9.84 Å². The number of amides is 1. The highest BCUT2D eigenvalue weighted by Crippen LogP contribution is 2.39. The molecule has 2 aliphatic rings. The third kappa shape index (κ3) is 4.70. The van der Waals surface area contributed by atoms with Crippen molar-refractivity contribution in [3.63, 3.8) is 0 Å². The van der Waals surface area contributed by atoms with Crippen LogP contribution in [0.1, 0.15) is 40.5 Å². The maximum atomic E-state index is 12.8. The van der Waals surface area contributed by atoms with E-state index in [0.717, 1.165) is 46.6 Å². The fourth-order valence-electron chi connectivity index (χ4n) is 4.78. The molecule has 1 aliphatic carbocycles. The number of aryl methyl sites for hydroxylation is 2. The maximum absolute atomic E-state index is 12.8. The monoisotopic (exact) mass is 507 g/mol. The minimum atomic E-state index is -3.05. The summed E-state index contributed by atoms with van der Waals surface area (Å²) >= 11 is 0. The Hall–Kier alpha value is -3.37. The zero-order valence-electron chi connectivity index (χ0n) is 20.4. The fourth-order valence-corrected chi connectivity index (χ4v) is 5.98. The van der Waals surface area contributed by atoms with Gasteiger partial charge in [0.2, 0.25) is 5.95 Å². The minimum Gasteiger partial charge on any atom is -0.395 e. The summed E-state index contributed by atoms with van der Waals surface area (Å²) < 4.78 is 23.3. The van der Waals surface area contributed by atoms with E-state index in [9.17, 15) is 18.3 Å². The van der Waals surface area contributed by atoms with Crippen LogP contribution in [-0.2, 0) is 21.7 Å². The number of pyridine rings is 1. The number of aliphatic hydroxyl groups excluding tert-OH is 1. The standard InChI is InChI=1S/C26H29N5O4S/c1-17-13-18(24(33)31-9-11-36(34,35)12-10-31)3-4-21(17)29-25-27-8-6-22(30-25)19-14-20-23(28-15-19)5-7-26(20,2)16-32/h3-4,6,8,13-15,32H,5,7,9-12,16H2,1-2H3,(H,27,29,30). The van der Waals surface area contributed by atoms with Crippen LogP contribution in [-0.4, -0.2) is 70.5 Å².